The second-order valence-electron chi connectivity index (χ2n) is 10.1. The number of piperazine rings is 1. The zero-order chi connectivity index (χ0) is 25.1. The van der Waals surface area contributed by atoms with E-state index < -0.39 is 0 Å². The van der Waals surface area contributed by atoms with Gasteiger partial charge in [-0.15, -0.1) is 0 Å². The SMILES string of the molecule is COc1cccc(N2CC(C(=O)N3CCN(c4cc(C)nc(NC5CCCCC5)n4)CC3)CC2=O)c1. The fourth-order valence-electron chi connectivity index (χ4n) is 5.52. The largest absolute Gasteiger partial charge is 0.497 e. The molecule has 1 aromatic carbocycles. The first-order chi connectivity index (χ1) is 17.5. The Hall–Kier alpha value is -3.36. The molecule has 9 heteroatoms. The maximum Gasteiger partial charge on any atom is 0.228 e. The molecule has 1 aromatic heterocycles. The molecule has 1 aliphatic carbocycles. The van der Waals surface area contributed by atoms with Gasteiger partial charge in [-0.3, -0.25) is 9.59 Å². The minimum Gasteiger partial charge on any atom is -0.497 e. The summed E-state index contributed by atoms with van der Waals surface area (Å²) < 4.78 is 5.29. The lowest BCUT2D eigenvalue weighted by molar-refractivity contribution is -0.136. The molecule has 3 aliphatic rings. The van der Waals surface area contributed by atoms with Crippen molar-refractivity contribution >= 4 is 29.3 Å². The Labute approximate surface area is 212 Å². The predicted molar refractivity (Wildman–Crippen MR) is 140 cm³/mol. The van der Waals surface area contributed by atoms with Crippen LogP contribution in [0.15, 0.2) is 30.3 Å². The molecule has 192 valence electrons. The molecule has 0 radical (unpaired) electrons. The Bertz CT molecular complexity index is 1090. The minimum absolute atomic E-state index is 0.0188. The van der Waals surface area contributed by atoms with Gasteiger partial charge in [-0.05, 0) is 31.9 Å². The van der Waals surface area contributed by atoms with Crippen LogP contribution in [-0.4, -0.2) is 72.6 Å². The van der Waals surface area contributed by atoms with Crippen molar-refractivity contribution in [3.63, 3.8) is 0 Å². The molecular weight excluding hydrogens is 456 g/mol. The number of methoxy groups -OCH3 is 1. The molecular formula is C27H36N6O3. The van der Waals surface area contributed by atoms with Gasteiger partial charge in [-0.25, -0.2) is 4.98 Å². The molecule has 1 N–H and O–H groups in total. The number of nitrogens with one attached hydrogen (secondary N) is 1. The van der Waals surface area contributed by atoms with Crippen molar-refractivity contribution < 1.29 is 14.3 Å². The van der Waals surface area contributed by atoms with E-state index in [1.54, 1.807) is 12.0 Å². The molecule has 2 saturated heterocycles. The van der Waals surface area contributed by atoms with E-state index in [1.165, 1.54) is 32.1 Å². The van der Waals surface area contributed by atoms with Crippen molar-refractivity contribution in [3.05, 3.63) is 36.0 Å². The molecule has 3 fully saturated rings. The number of carbonyl (C=O) groups excluding carboxylic acids is 2. The van der Waals surface area contributed by atoms with Gasteiger partial charge in [0.1, 0.15) is 11.6 Å². The highest BCUT2D eigenvalue weighted by atomic mass is 16.5. The maximum absolute atomic E-state index is 13.3. The molecule has 0 bridgehead atoms. The summed E-state index contributed by atoms with van der Waals surface area (Å²) in [6.45, 7) is 5.08. The minimum atomic E-state index is -0.317. The van der Waals surface area contributed by atoms with Crippen LogP contribution in [0.2, 0.25) is 0 Å². The number of rotatable bonds is 6. The highest BCUT2D eigenvalue weighted by Gasteiger charge is 2.38. The summed E-state index contributed by atoms with van der Waals surface area (Å²) in [6.07, 6.45) is 6.43. The number of carbonyl (C=O) groups is 2. The third kappa shape index (κ3) is 5.39. The van der Waals surface area contributed by atoms with Gasteiger partial charge >= 0.3 is 0 Å². The average Bonchev–Trinajstić information content (AvgIpc) is 3.30. The summed E-state index contributed by atoms with van der Waals surface area (Å²) in [5, 5.41) is 3.54. The lowest BCUT2D eigenvalue weighted by Crippen LogP contribution is -2.51. The average molecular weight is 493 g/mol. The number of nitrogens with zero attached hydrogens (tertiary/aromatic N) is 5. The fourth-order valence-corrected chi connectivity index (χ4v) is 5.52. The topological polar surface area (TPSA) is 90.9 Å². The van der Waals surface area contributed by atoms with Gasteiger partial charge in [-0.2, -0.15) is 4.98 Å². The van der Waals surface area contributed by atoms with Crippen LogP contribution in [0.3, 0.4) is 0 Å². The zero-order valence-corrected chi connectivity index (χ0v) is 21.3. The van der Waals surface area contributed by atoms with Crippen molar-refractivity contribution in [1.82, 2.24) is 14.9 Å². The summed E-state index contributed by atoms with van der Waals surface area (Å²) in [5.74, 6) is 2.04. The van der Waals surface area contributed by atoms with Crippen LogP contribution < -0.4 is 19.9 Å². The van der Waals surface area contributed by atoms with Crippen molar-refractivity contribution in [2.45, 2.75) is 51.5 Å². The van der Waals surface area contributed by atoms with Crippen molar-refractivity contribution in [1.29, 1.82) is 0 Å². The van der Waals surface area contributed by atoms with E-state index in [0.717, 1.165) is 17.2 Å². The first kappa shape index (κ1) is 24.3. The Morgan fingerprint density at radius 1 is 1.06 bits per heavy atom. The standard InChI is InChI=1S/C27H36N6O3/c1-19-15-24(30-27(28-19)29-21-7-4-3-5-8-21)31-11-13-32(14-12-31)26(35)20-16-25(34)33(18-20)22-9-6-10-23(17-22)36-2/h6,9-10,15,17,20-21H,3-5,7-8,11-14,16,18H2,1-2H3,(H,28,29,30). The Morgan fingerprint density at radius 3 is 2.58 bits per heavy atom. The fraction of sp³-hybridized carbons (Fsp3) is 0.556. The maximum atomic E-state index is 13.3. The third-order valence-corrected chi connectivity index (χ3v) is 7.53. The van der Waals surface area contributed by atoms with Crippen LogP contribution in [0.25, 0.3) is 0 Å². The normalized spacial score (nSPS) is 21.1. The van der Waals surface area contributed by atoms with Gasteiger partial charge in [0.15, 0.2) is 0 Å². The molecule has 2 aromatic rings. The van der Waals surface area contributed by atoms with E-state index in [-0.39, 0.29) is 24.2 Å². The van der Waals surface area contributed by atoms with E-state index in [0.29, 0.717) is 50.5 Å². The van der Waals surface area contributed by atoms with Gasteiger partial charge in [-0.1, -0.05) is 25.3 Å². The summed E-state index contributed by atoms with van der Waals surface area (Å²) in [5.41, 5.74) is 1.72. The number of hydrogen-bond donors (Lipinski definition) is 1. The van der Waals surface area contributed by atoms with Crippen molar-refractivity contribution in [2.24, 2.45) is 5.92 Å². The van der Waals surface area contributed by atoms with Gasteiger partial charge in [0.25, 0.3) is 0 Å². The molecule has 1 saturated carbocycles. The number of aromatic nitrogens is 2. The van der Waals surface area contributed by atoms with Crippen LogP contribution in [0.4, 0.5) is 17.5 Å². The molecule has 9 nitrogen and oxygen atoms in total. The van der Waals surface area contributed by atoms with E-state index in [4.69, 9.17) is 9.72 Å². The molecule has 1 unspecified atom stereocenters. The molecule has 5 rings (SSSR count). The first-order valence-corrected chi connectivity index (χ1v) is 13.1. The van der Waals surface area contributed by atoms with E-state index in [9.17, 15) is 9.59 Å². The van der Waals surface area contributed by atoms with E-state index in [2.05, 4.69) is 15.2 Å². The van der Waals surface area contributed by atoms with Crippen molar-refractivity contribution in [2.75, 3.05) is 55.0 Å². The molecule has 2 aliphatic heterocycles. The lowest BCUT2D eigenvalue weighted by Gasteiger charge is -2.36. The second-order valence-corrected chi connectivity index (χ2v) is 10.1. The van der Waals surface area contributed by atoms with Crippen LogP contribution in [0.5, 0.6) is 5.75 Å². The zero-order valence-electron chi connectivity index (χ0n) is 21.3. The molecule has 36 heavy (non-hydrogen) atoms. The number of aryl methyl sites for hydroxylation is 1. The summed E-state index contributed by atoms with van der Waals surface area (Å²) in [4.78, 5) is 41.2. The highest BCUT2D eigenvalue weighted by molar-refractivity contribution is 6.00. The van der Waals surface area contributed by atoms with Crippen molar-refractivity contribution in [3.8, 4) is 5.75 Å². The number of amides is 2. The Kier molecular flexibility index (Phi) is 7.25. The molecule has 0 spiro atoms. The van der Waals surface area contributed by atoms with Gasteiger partial charge in [0.05, 0.1) is 13.0 Å². The van der Waals surface area contributed by atoms with Crippen LogP contribution in [0.1, 0.15) is 44.2 Å². The van der Waals surface area contributed by atoms with E-state index in [1.807, 2.05) is 42.2 Å². The summed E-state index contributed by atoms with van der Waals surface area (Å²) in [6, 6.07) is 9.90. The van der Waals surface area contributed by atoms with Crippen LogP contribution in [0, 0.1) is 12.8 Å². The first-order valence-electron chi connectivity index (χ1n) is 13.1. The third-order valence-electron chi connectivity index (χ3n) is 7.53. The molecule has 2 amide bonds. The lowest BCUT2D eigenvalue weighted by atomic mass is 9.96. The van der Waals surface area contributed by atoms with Crippen LogP contribution >= 0.6 is 0 Å². The summed E-state index contributed by atoms with van der Waals surface area (Å²) >= 11 is 0. The molecule has 1 atom stereocenters. The summed E-state index contributed by atoms with van der Waals surface area (Å²) in [7, 11) is 1.60. The Morgan fingerprint density at radius 2 is 1.83 bits per heavy atom. The van der Waals surface area contributed by atoms with Gasteiger partial charge in [0.2, 0.25) is 17.8 Å². The number of anilines is 3. The second kappa shape index (κ2) is 10.7. The van der Waals surface area contributed by atoms with Crippen LogP contribution in [-0.2, 0) is 9.59 Å². The van der Waals surface area contributed by atoms with Gasteiger partial charge in [0, 0.05) is 68.7 Å². The predicted octanol–water partition coefficient (Wildman–Crippen LogP) is 3.24. The van der Waals surface area contributed by atoms with E-state index >= 15 is 0 Å². The number of ether oxygens (including phenoxy) is 1. The number of hydrogen-bond acceptors (Lipinski definition) is 7. The van der Waals surface area contributed by atoms with Gasteiger partial charge < -0.3 is 24.8 Å². The highest BCUT2D eigenvalue weighted by Crippen LogP contribution is 2.29. The molecule has 3 heterocycles. The Balaban J connectivity index is 1.18. The quantitative estimate of drug-likeness (QED) is 0.662. The monoisotopic (exact) mass is 492 g/mol. The smallest absolute Gasteiger partial charge is 0.228 e. The number of benzene rings is 1.